The molecular formula is C63H102O5. The molecule has 0 aromatic rings. The lowest BCUT2D eigenvalue weighted by Crippen LogP contribution is -2.30. The van der Waals surface area contributed by atoms with Crippen LogP contribution in [0.15, 0.2) is 134 Å². The number of esters is 2. The Hall–Kier alpha value is -3.96. The fourth-order valence-corrected chi connectivity index (χ4v) is 7.09. The van der Waals surface area contributed by atoms with Crippen LogP contribution in [0, 0.1) is 0 Å². The van der Waals surface area contributed by atoms with Crippen LogP contribution in [0.1, 0.15) is 226 Å². The second-order valence-electron chi connectivity index (χ2n) is 17.7. The maximum Gasteiger partial charge on any atom is 0.306 e. The Balaban J connectivity index is 4.43. The van der Waals surface area contributed by atoms with Gasteiger partial charge in [-0.25, -0.2) is 0 Å². The lowest BCUT2D eigenvalue weighted by atomic mass is 10.1. The molecule has 0 aromatic carbocycles. The number of rotatable bonds is 49. The highest BCUT2D eigenvalue weighted by molar-refractivity contribution is 5.70. The van der Waals surface area contributed by atoms with E-state index in [-0.39, 0.29) is 25.2 Å². The van der Waals surface area contributed by atoms with Crippen molar-refractivity contribution in [1.82, 2.24) is 0 Å². The molecule has 0 spiro atoms. The largest absolute Gasteiger partial charge is 0.462 e. The molecule has 384 valence electrons. The van der Waals surface area contributed by atoms with Crippen LogP contribution in [0.25, 0.3) is 0 Å². The number of hydrogen-bond donors (Lipinski definition) is 0. The second kappa shape index (κ2) is 57.4. The van der Waals surface area contributed by atoms with Crippen molar-refractivity contribution in [2.45, 2.75) is 232 Å². The van der Waals surface area contributed by atoms with Gasteiger partial charge >= 0.3 is 11.9 Å². The van der Waals surface area contributed by atoms with E-state index in [0.29, 0.717) is 19.4 Å². The van der Waals surface area contributed by atoms with E-state index < -0.39 is 6.10 Å². The topological polar surface area (TPSA) is 61.8 Å². The predicted molar refractivity (Wildman–Crippen MR) is 297 cm³/mol. The number of carbonyl (C=O) groups is 2. The van der Waals surface area contributed by atoms with Gasteiger partial charge in [-0.1, -0.05) is 212 Å². The highest BCUT2D eigenvalue weighted by atomic mass is 16.6. The fourth-order valence-electron chi connectivity index (χ4n) is 7.09. The van der Waals surface area contributed by atoms with Crippen molar-refractivity contribution in [3.05, 3.63) is 134 Å². The average molecular weight is 940 g/mol. The molecule has 0 N–H and O–H groups in total. The van der Waals surface area contributed by atoms with Crippen LogP contribution in [0.4, 0.5) is 0 Å². The van der Waals surface area contributed by atoms with Gasteiger partial charge in [0, 0.05) is 19.4 Å². The molecule has 1 unspecified atom stereocenters. The monoisotopic (exact) mass is 939 g/mol. The van der Waals surface area contributed by atoms with Crippen LogP contribution < -0.4 is 0 Å². The Labute approximate surface area is 419 Å². The summed E-state index contributed by atoms with van der Waals surface area (Å²) >= 11 is 0. The SMILES string of the molecule is CC/C=C\C/C=C\C/C=C\C/C=C\C/C=C\CCCCCC(=O)OCC(COCCCCCCCCCC/C=C\C/C=C\CCCCC)OC(=O)CCCC/C=C\C/C=C\C/C=C\C/C=C\CC. The van der Waals surface area contributed by atoms with E-state index in [2.05, 4.69) is 154 Å². The zero-order valence-electron chi connectivity index (χ0n) is 44.1. The Morgan fingerprint density at radius 3 is 1.09 bits per heavy atom. The number of unbranched alkanes of at least 4 members (excludes halogenated alkanes) is 16. The third-order valence-electron chi connectivity index (χ3n) is 11.2. The molecule has 1 atom stereocenters. The molecule has 0 aliphatic carbocycles. The Bertz CT molecular complexity index is 1430. The molecule has 0 radical (unpaired) electrons. The van der Waals surface area contributed by atoms with Crippen molar-refractivity contribution >= 4 is 11.9 Å². The maximum atomic E-state index is 12.8. The van der Waals surface area contributed by atoms with Crippen molar-refractivity contribution in [2.24, 2.45) is 0 Å². The predicted octanol–water partition coefficient (Wildman–Crippen LogP) is 19.1. The highest BCUT2D eigenvalue weighted by Crippen LogP contribution is 2.12. The van der Waals surface area contributed by atoms with Gasteiger partial charge in [-0.15, -0.1) is 0 Å². The highest BCUT2D eigenvalue weighted by Gasteiger charge is 2.17. The van der Waals surface area contributed by atoms with E-state index in [9.17, 15) is 9.59 Å². The molecule has 0 aliphatic rings. The summed E-state index contributed by atoms with van der Waals surface area (Å²) in [6, 6.07) is 0. The third kappa shape index (κ3) is 54.6. The van der Waals surface area contributed by atoms with Gasteiger partial charge in [-0.3, -0.25) is 9.59 Å². The summed E-state index contributed by atoms with van der Waals surface area (Å²) in [7, 11) is 0. The minimum atomic E-state index is -0.585. The molecule has 0 saturated heterocycles. The van der Waals surface area contributed by atoms with Crippen molar-refractivity contribution in [2.75, 3.05) is 19.8 Å². The summed E-state index contributed by atoms with van der Waals surface area (Å²) in [6.45, 7) is 7.47. The minimum Gasteiger partial charge on any atom is -0.462 e. The molecule has 0 heterocycles. The van der Waals surface area contributed by atoms with E-state index >= 15 is 0 Å². The second-order valence-corrected chi connectivity index (χ2v) is 17.7. The van der Waals surface area contributed by atoms with Crippen LogP contribution in [-0.2, 0) is 23.8 Å². The zero-order valence-corrected chi connectivity index (χ0v) is 44.1. The fraction of sp³-hybridized carbons (Fsp3) is 0.619. The first-order valence-corrected chi connectivity index (χ1v) is 27.7. The van der Waals surface area contributed by atoms with Crippen LogP contribution in [0.3, 0.4) is 0 Å². The molecule has 0 amide bonds. The summed E-state index contributed by atoms with van der Waals surface area (Å²) in [6.07, 6.45) is 81.8. The lowest BCUT2D eigenvalue weighted by Gasteiger charge is -2.18. The molecule has 0 saturated carbocycles. The molecular weight excluding hydrogens is 837 g/mol. The van der Waals surface area contributed by atoms with Crippen molar-refractivity contribution < 1.29 is 23.8 Å². The molecule has 68 heavy (non-hydrogen) atoms. The molecule has 0 fully saturated rings. The summed E-state index contributed by atoms with van der Waals surface area (Å²) in [4.78, 5) is 25.5. The molecule has 0 aliphatic heterocycles. The van der Waals surface area contributed by atoms with E-state index in [1.165, 1.54) is 70.6 Å². The summed E-state index contributed by atoms with van der Waals surface area (Å²) in [5, 5.41) is 0. The molecule has 0 bridgehead atoms. The summed E-state index contributed by atoms with van der Waals surface area (Å²) < 4.78 is 17.4. The first-order valence-electron chi connectivity index (χ1n) is 27.7. The molecule has 0 rings (SSSR count). The standard InChI is InChI=1S/C63H102O5/c1-4-7-10-13-16-19-22-25-28-30-32-33-36-38-41-44-47-50-53-56-62(64)67-60-61(68-63(65)57-54-51-48-45-42-39-35-27-24-21-18-15-12-9-6-3)59-66-58-55-52-49-46-43-40-37-34-31-29-26-23-20-17-14-11-8-5-2/h7,9-10,12,16-21,25-29,32-33,35,38,41-42,45,61H,4-6,8,11,13-15,22-24,30-31,34,36-37,39-40,43-44,46-60H2,1-3H3/b10-7-,12-9-,19-16-,20-17-,21-18-,28-25-,29-26-,33-32-,35-27-,41-38-,45-42-. The molecule has 5 nitrogen and oxygen atoms in total. The van der Waals surface area contributed by atoms with E-state index in [0.717, 1.165) is 122 Å². The van der Waals surface area contributed by atoms with Crippen molar-refractivity contribution in [1.29, 1.82) is 0 Å². The smallest absolute Gasteiger partial charge is 0.306 e. The van der Waals surface area contributed by atoms with Crippen LogP contribution in [0.5, 0.6) is 0 Å². The normalized spacial score (nSPS) is 13.3. The average Bonchev–Trinajstić information content (AvgIpc) is 3.34. The van der Waals surface area contributed by atoms with Gasteiger partial charge < -0.3 is 14.2 Å². The lowest BCUT2D eigenvalue weighted by molar-refractivity contribution is -0.163. The number of carbonyl (C=O) groups excluding carboxylic acids is 2. The van der Waals surface area contributed by atoms with Gasteiger partial charge in [0.25, 0.3) is 0 Å². The van der Waals surface area contributed by atoms with Gasteiger partial charge in [0.1, 0.15) is 6.61 Å². The Kier molecular flexibility index (Phi) is 54.0. The van der Waals surface area contributed by atoms with Gasteiger partial charge in [-0.2, -0.15) is 0 Å². The van der Waals surface area contributed by atoms with E-state index in [1.807, 2.05) is 0 Å². The quantitative estimate of drug-likeness (QED) is 0.0345. The summed E-state index contributed by atoms with van der Waals surface area (Å²) in [5.41, 5.74) is 0. The van der Waals surface area contributed by atoms with Crippen molar-refractivity contribution in [3.63, 3.8) is 0 Å². The number of allylic oxidation sites excluding steroid dienone is 22. The Morgan fingerprint density at radius 1 is 0.338 bits per heavy atom. The number of hydrogen-bond acceptors (Lipinski definition) is 5. The molecule has 5 heteroatoms. The van der Waals surface area contributed by atoms with Crippen LogP contribution in [-0.4, -0.2) is 37.9 Å². The van der Waals surface area contributed by atoms with Crippen LogP contribution in [0.2, 0.25) is 0 Å². The van der Waals surface area contributed by atoms with Crippen LogP contribution >= 0.6 is 0 Å². The van der Waals surface area contributed by atoms with Crippen molar-refractivity contribution in [3.8, 4) is 0 Å². The van der Waals surface area contributed by atoms with Gasteiger partial charge in [0.2, 0.25) is 0 Å². The number of ether oxygens (including phenoxy) is 3. The zero-order chi connectivity index (χ0) is 49.2. The van der Waals surface area contributed by atoms with Gasteiger partial charge in [0.15, 0.2) is 6.10 Å². The summed E-state index contributed by atoms with van der Waals surface area (Å²) in [5.74, 6) is -0.493. The van der Waals surface area contributed by atoms with E-state index in [4.69, 9.17) is 14.2 Å². The van der Waals surface area contributed by atoms with E-state index in [1.54, 1.807) is 0 Å². The Morgan fingerprint density at radius 2 is 0.662 bits per heavy atom. The first-order chi connectivity index (χ1) is 33.6. The first kappa shape index (κ1) is 64.0. The molecule has 0 aromatic heterocycles. The third-order valence-corrected chi connectivity index (χ3v) is 11.2. The minimum absolute atomic E-state index is 0.0402. The van der Waals surface area contributed by atoms with Gasteiger partial charge in [-0.05, 0) is 135 Å². The van der Waals surface area contributed by atoms with Gasteiger partial charge in [0.05, 0.1) is 6.61 Å². The maximum absolute atomic E-state index is 12.8.